The van der Waals surface area contributed by atoms with Crippen molar-refractivity contribution in [2.75, 3.05) is 6.54 Å². The number of carbonyl (C=O) groups excluding carboxylic acids is 1. The van der Waals surface area contributed by atoms with E-state index >= 15 is 0 Å². The van der Waals surface area contributed by atoms with Crippen LogP contribution in [-0.2, 0) is 0 Å². The molecule has 0 aliphatic heterocycles. The Bertz CT molecular complexity index is 490. The lowest BCUT2D eigenvalue weighted by Gasteiger charge is -2.33. The number of nitrogens with one attached hydrogen (secondary N) is 1. The van der Waals surface area contributed by atoms with E-state index in [9.17, 15) is 9.90 Å². The molecule has 1 rings (SSSR count). The van der Waals surface area contributed by atoms with Gasteiger partial charge >= 0.3 is 0 Å². The van der Waals surface area contributed by atoms with Crippen LogP contribution in [-0.4, -0.2) is 28.6 Å². The minimum atomic E-state index is -0.523. The molecule has 112 valence electrons. The Morgan fingerprint density at radius 1 is 1.40 bits per heavy atom. The molecule has 1 amide bonds. The maximum absolute atomic E-state index is 12.1. The van der Waals surface area contributed by atoms with Gasteiger partial charge in [0.2, 0.25) is 0 Å². The number of aromatic nitrogens is 1. The smallest absolute Gasteiger partial charge is 0.271 e. The predicted octanol–water partition coefficient (Wildman–Crippen LogP) is 3.16. The van der Waals surface area contributed by atoms with Gasteiger partial charge in [-0.2, -0.15) is 0 Å². The van der Waals surface area contributed by atoms with Crippen molar-refractivity contribution in [3.8, 4) is 0 Å². The maximum Gasteiger partial charge on any atom is 0.271 e. The van der Waals surface area contributed by atoms with Crippen molar-refractivity contribution in [1.82, 2.24) is 10.3 Å². The summed E-state index contributed by atoms with van der Waals surface area (Å²) in [6.45, 7) is 7.97. The highest BCUT2D eigenvalue weighted by atomic mass is 35.5. The van der Waals surface area contributed by atoms with Crippen LogP contribution < -0.4 is 5.32 Å². The van der Waals surface area contributed by atoms with E-state index in [1.807, 2.05) is 27.7 Å². The number of aliphatic hydroxyl groups is 1. The van der Waals surface area contributed by atoms with Crippen molar-refractivity contribution in [1.29, 1.82) is 0 Å². The average molecular weight is 319 g/mol. The third kappa shape index (κ3) is 4.33. The van der Waals surface area contributed by atoms with E-state index in [-0.39, 0.29) is 21.8 Å². The molecule has 2 N–H and O–H groups in total. The number of rotatable bonds is 5. The van der Waals surface area contributed by atoms with Gasteiger partial charge in [0, 0.05) is 12.0 Å². The summed E-state index contributed by atoms with van der Waals surface area (Å²) in [5, 5.41) is 13.3. The number of nitrogens with zero attached hydrogens (tertiary/aromatic N) is 1. The van der Waals surface area contributed by atoms with Crippen molar-refractivity contribution >= 4 is 29.1 Å². The molecule has 0 bridgehead atoms. The molecule has 0 aliphatic carbocycles. The summed E-state index contributed by atoms with van der Waals surface area (Å²) in [5.74, 6) is -0.295. The van der Waals surface area contributed by atoms with E-state index in [2.05, 4.69) is 10.3 Å². The summed E-state index contributed by atoms with van der Waals surface area (Å²) in [6.07, 6.45) is -0.523. The SMILES string of the molecule is CC(C)C(O)C(C)(C)CNC(=O)c1nc(Cl)ccc1Cl. The highest BCUT2D eigenvalue weighted by molar-refractivity contribution is 6.34. The first-order valence-corrected chi connectivity index (χ1v) is 7.19. The van der Waals surface area contributed by atoms with Crippen LogP contribution in [0.1, 0.15) is 38.2 Å². The van der Waals surface area contributed by atoms with Gasteiger partial charge in [-0.25, -0.2) is 4.98 Å². The normalized spacial score (nSPS) is 13.4. The Kier molecular flexibility index (Phi) is 5.80. The number of halogens is 2. The summed E-state index contributed by atoms with van der Waals surface area (Å²) >= 11 is 11.7. The molecule has 20 heavy (non-hydrogen) atoms. The maximum atomic E-state index is 12.1. The zero-order valence-corrected chi connectivity index (χ0v) is 13.6. The van der Waals surface area contributed by atoms with Crippen molar-refractivity contribution in [2.24, 2.45) is 11.3 Å². The monoisotopic (exact) mass is 318 g/mol. The van der Waals surface area contributed by atoms with Gasteiger partial charge in [-0.05, 0) is 18.1 Å². The van der Waals surface area contributed by atoms with Gasteiger partial charge in [-0.3, -0.25) is 4.79 Å². The third-order valence-electron chi connectivity index (χ3n) is 3.16. The lowest BCUT2D eigenvalue weighted by atomic mass is 9.80. The topological polar surface area (TPSA) is 62.2 Å². The first-order chi connectivity index (χ1) is 9.15. The molecule has 0 radical (unpaired) electrons. The van der Waals surface area contributed by atoms with Crippen LogP contribution in [0.2, 0.25) is 10.2 Å². The molecule has 0 fully saturated rings. The van der Waals surface area contributed by atoms with E-state index in [0.29, 0.717) is 6.54 Å². The number of hydrogen-bond donors (Lipinski definition) is 2. The van der Waals surface area contributed by atoms with Gasteiger partial charge < -0.3 is 10.4 Å². The first-order valence-electron chi connectivity index (χ1n) is 6.43. The van der Waals surface area contributed by atoms with E-state index < -0.39 is 17.4 Å². The predicted molar refractivity (Wildman–Crippen MR) is 81.2 cm³/mol. The van der Waals surface area contributed by atoms with Crippen molar-refractivity contribution in [2.45, 2.75) is 33.8 Å². The van der Waals surface area contributed by atoms with Crippen LogP contribution in [0.15, 0.2) is 12.1 Å². The number of amides is 1. The fraction of sp³-hybridized carbons (Fsp3) is 0.571. The molecule has 0 aliphatic rings. The molecule has 4 nitrogen and oxygen atoms in total. The van der Waals surface area contributed by atoms with E-state index in [0.717, 1.165) is 0 Å². The van der Waals surface area contributed by atoms with Gasteiger partial charge in [0.25, 0.3) is 5.91 Å². The van der Waals surface area contributed by atoms with Crippen LogP contribution in [0.25, 0.3) is 0 Å². The molecule has 1 heterocycles. The number of pyridine rings is 1. The molecule has 1 aromatic rings. The number of carbonyl (C=O) groups is 1. The molecule has 6 heteroatoms. The molecular formula is C14H20Cl2N2O2. The third-order valence-corrected chi connectivity index (χ3v) is 3.68. The fourth-order valence-electron chi connectivity index (χ4n) is 1.98. The summed E-state index contributed by atoms with van der Waals surface area (Å²) in [5.41, 5.74) is -0.358. The Morgan fingerprint density at radius 3 is 2.55 bits per heavy atom. The number of aliphatic hydroxyl groups excluding tert-OH is 1. The largest absolute Gasteiger partial charge is 0.392 e. The Morgan fingerprint density at radius 2 is 2.00 bits per heavy atom. The van der Waals surface area contributed by atoms with Crippen LogP contribution in [0.3, 0.4) is 0 Å². The summed E-state index contributed by atoms with van der Waals surface area (Å²) in [7, 11) is 0. The van der Waals surface area contributed by atoms with Crippen molar-refractivity contribution in [3.05, 3.63) is 28.0 Å². The van der Waals surface area contributed by atoms with Crippen LogP contribution >= 0.6 is 23.2 Å². The lowest BCUT2D eigenvalue weighted by Crippen LogP contribution is -2.43. The van der Waals surface area contributed by atoms with E-state index in [1.54, 1.807) is 0 Å². The second-order valence-corrected chi connectivity index (χ2v) is 6.62. The van der Waals surface area contributed by atoms with Gasteiger partial charge in [0.05, 0.1) is 11.1 Å². The zero-order chi connectivity index (χ0) is 15.5. The lowest BCUT2D eigenvalue weighted by molar-refractivity contribution is 0.0138. The number of hydrogen-bond acceptors (Lipinski definition) is 3. The molecule has 0 saturated carbocycles. The Hall–Kier alpha value is -0.840. The molecule has 1 atom stereocenters. The molecule has 1 unspecified atom stereocenters. The highest BCUT2D eigenvalue weighted by Crippen LogP contribution is 2.25. The van der Waals surface area contributed by atoms with Crippen molar-refractivity contribution < 1.29 is 9.90 Å². The quantitative estimate of drug-likeness (QED) is 0.820. The Balaban J connectivity index is 2.75. The highest BCUT2D eigenvalue weighted by Gasteiger charge is 2.31. The minimum absolute atomic E-state index is 0.0917. The van der Waals surface area contributed by atoms with E-state index in [1.165, 1.54) is 12.1 Å². The van der Waals surface area contributed by atoms with Gasteiger partial charge in [-0.15, -0.1) is 0 Å². The van der Waals surface area contributed by atoms with Gasteiger partial charge in [0.15, 0.2) is 0 Å². The summed E-state index contributed by atoms with van der Waals surface area (Å²) in [6, 6.07) is 3.05. The molecule has 1 aromatic heterocycles. The molecule has 0 aromatic carbocycles. The molecule has 0 spiro atoms. The van der Waals surface area contributed by atoms with E-state index in [4.69, 9.17) is 23.2 Å². The second-order valence-electron chi connectivity index (χ2n) is 5.82. The van der Waals surface area contributed by atoms with Gasteiger partial charge in [0.1, 0.15) is 10.8 Å². The summed E-state index contributed by atoms with van der Waals surface area (Å²) < 4.78 is 0. The van der Waals surface area contributed by atoms with Crippen molar-refractivity contribution in [3.63, 3.8) is 0 Å². The molecular weight excluding hydrogens is 299 g/mol. The Labute approximate surface area is 129 Å². The fourth-order valence-corrected chi connectivity index (χ4v) is 2.31. The van der Waals surface area contributed by atoms with Crippen LogP contribution in [0, 0.1) is 11.3 Å². The standard InChI is InChI=1S/C14H20Cl2N2O2/c1-8(2)12(19)14(3,4)7-17-13(20)11-9(15)5-6-10(16)18-11/h5-6,8,12,19H,7H2,1-4H3,(H,17,20). The average Bonchev–Trinajstić information content (AvgIpc) is 2.37. The first kappa shape index (κ1) is 17.2. The van der Waals surface area contributed by atoms with Gasteiger partial charge in [-0.1, -0.05) is 50.9 Å². The van der Waals surface area contributed by atoms with Crippen LogP contribution in [0.4, 0.5) is 0 Å². The second kappa shape index (κ2) is 6.74. The summed E-state index contributed by atoms with van der Waals surface area (Å²) in [4.78, 5) is 16.0. The van der Waals surface area contributed by atoms with Crippen LogP contribution in [0.5, 0.6) is 0 Å². The molecule has 0 saturated heterocycles. The zero-order valence-electron chi connectivity index (χ0n) is 12.1. The minimum Gasteiger partial charge on any atom is -0.392 e.